The van der Waals surface area contributed by atoms with Crippen LogP contribution in [0.15, 0.2) is 22.7 Å². The summed E-state index contributed by atoms with van der Waals surface area (Å²) in [5.74, 6) is 0.467. The number of carbonyl (C=O) groups excluding carboxylic acids is 1. The van der Waals surface area contributed by atoms with Gasteiger partial charge in [-0.15, -0.1) is 0 Å². The zero-order valence-electron chi connectivity index (χ0n) is 9.16. The molecule has 0 saturated carbocycles. The van der Waals surface area contributed by atoms with Gasteiger partial charge in [-0.25, -0.2) is 0 Å². The minimum Gasteiger partial charge on any atom is -0.325 e. The molecule has 2 N–H and O–H groups in total. The number of nitriles is 1. The van der Waals surface area contributed by atoms with E-state index < -0.39 is 0 Å². The Labute approximate surface area is 108 Å². The second kappa shape index (κ2) is 5.30. The lowest BCUT2D eigenvalue weighted by molar-refractivity contribution is -0.117. The van der Waals surface area contributed by atoms with Gasteiger partial charge in [0.2, 0.25) is 5.91 Å². The van der Waals surface area contributed by atoms with Gasteiger partial charge in [0.15, 0.2) is 0 Å². The Morgan fingerprint density at radius 1 is 1.59 bits per heavy atom. The number of nitrogens with one attached hydrogen (secondary N) is 2. The topological polar surface area (TPSA) is 64.9 Å². The van der Waals surface area contributed by atoms with E-state index >= 15 is 0 Å². The molecule has 1 fully saturated rings. The van der Waals surface area contributed by atoms with Crippen molar-refractivity contribution in [1.82, 2.24) is 5.32 Å². The lowest BCUT2D eigenvalue weighted by Crippen LogP contribution is -2.43. The molecule has 0 atom stereocenters. The van der Waals surface area contributed by atoms with Crippen molar-refractivity contribution in [2.75, 3.05) is 18.4 Å². The molecule has 0 aromatic heterocycles. The monoisotopic (exact) mass is 293 g/mol. The summed E-state index contributed by atoms with van der Waals surface area (Å²) in [5.41, 5.74) is 1.28. The van der Waals surface area contributed by atoms with E-state index in [4.69, 9.17) is 5.26 Å². The van der Waals surface area contributed by atoms with E-state index in [1.807, 2.05) is 6.07 Å². The summed E-state index contributed by atoms with van der Waals surface area (Å²) in [6, 6.07) is 7.16. The van der Waals surface area contributed by atoms with Crippen LogP contribution in [-0.4, -0.2) is 19.0 Å². The Bertz CT molecular complexity index is 477. The Hall–Kier alpha value is -1.38. The molecule has 1 aliphatic heterocycles. The summed E-state index contributed by atoms with van der Waals surface area (Å²) in [6.45, 7) is 1.84. The molecule has 1 saturated heterocycles. The van der Waals surface area contributed by atoms with E-state index in [0.29, 0.717) is 23.6 Å². The second-order valence-corrected chi connectivity index (χ2v) is 4.94. The predicted octanol–water partition coefficient (Wildman–Crippen LogP) is 1.87. The summed E-state index contributed by atoms with van der Waals surface area (Å²) >= 11 is 3.34. The van der Waals surface area contributed by atoms with Crippen LogP contribution in [0.5, 0.6) is 0 Å². The first-order valence-corrected chi connectivity index (χ1v) is 6.18. The number of hydrogen-bond donors (Lipinski definition) is 2. The van der Waals surface area contributed by atoms with Gasteiger partial charge < -0.3 is 10.6 Å². The van der Waals surface area contributed by atoms with Crippen LogP contribution in [-0.2, 0) is 4.79 Å². The average Bonchev–Trinajstić information content (AvgIpc) is 2.26. The maximum absolute atomic E-state index is 11.7. The van der Waals surface area contributed by atoms with Crippen LogP contribution >= 0.6 is 15.9 Å². The highest BCUT2D eigenvalue weighted by Gasteiger charge is 2.20. The average molecular weight is 294 g/mol. The van der Waals surface area contributed by atoms with Crippen molar-refractivity contribution in [3.8, 4) is 6.07 Å². The fraction of sp³-hybridized carbons (Fsp3) is 0.333. The van der Waals surface area contributed by atoms with Crippen LogP contribution in [0.4, 0.5) is 5.69 Å². The van der Waals surface area contributed by atoms with Crippen molar-refractivity contribution in [2.24, 2.45) is 5.92 Å². The molecule has 1 aromatic carbocycles. The van der Waals surface area contributed by atoms with E-state index in [2.05, 4.69) is 26.6 Å². The molecule has 0 aliphatic carbocycles. The number of rotatable bonds is 3. The summed E-state index contributed by atoms with van der Waals surface area (Å²) in [7, 11) is 0. The van der Waals surface area contributed by atoms with Crippen molar-refractivity contribution in [3.63, 3.8) is 0 Å². The Morgan fingerprint density at radius 3 is 2.88 bits per heavy atom. The van der Waals surface area contributed by atoms with Gasteiger partial charge in [-0.05, 0) is 53.1 Å². The summed E-state index contributed by atoms with van der Waals surface area (Å²) in [4.78, 5) is 11.7. The molecule has 1 aromatic rings. The van der Waals surface area contributed by atoms with Gasteiger partial charge in [0.1, 0.15) is 0 Å². The van der Waals surface area contributed by atoms with Crippen molar-refractivity contribution >= 4 is 27.5 Å². The number of hydrogen-bond acceptors (Lipinski definition) is 3. The molecule has 17 heavy (non-hydrogen) atoms. The number of halogens is 1. The lowest BCUT2D eigenvalue weighted by atomic mass is 9.99. The van der Waals surface area contributed by atoms with Crippen LogP contribution in [0.2, 0.25) is 0 Å². The van der Waals surface area contributed by atoms with E-state index in [0.717, 1.165) is 17.6 Å². The summed E-state index contributed by atoms with van der Waals surface area (Å²) in [5, 5.41) is 14.7. The largest absolute Gasteiger partial charge is 0.325 e. The molecule has 4 nitrogen and oxygen atoms in total. The molecule has 1 aliphatic rings. The van der Waals surface area contributed by atoms with Crippen molar-refractivity contribution in [1.29, 1.82) is 5.26 Å². The lowest BCUT2D eigenvalue weighted by Gasteiger charge is -2.26. The first-order valence-electron chi connectivity index (χ1n) is 5.39. The summed E-state index contributed by atoms with van der Waals surface area (Å²) in [6.07, 6.45) is 0.541. The number of amides is 1. The second-order valence-electron chi connectivity index (χ2n) is 4.08. The third-order valence-corrected chi connectivity index (χ3v) is 3.37. The van der Waals surface area contributed by atoms with Crippen molar-refractivity contribution < 1.29 is 4.79 Å². The number of carbonyl (C=O) groups is 1. The van der Waals surface area contributed by atoms with Gasteiger partial charge in [-0.1, -0.05) is 0 Å². The van der Waals surface area contributed by atoms with Crippen LogP contribution in [0.1, 0.15) is 12.0 Å². The number of benzene rings is 1. The van der Waals surface area contributed by atoms with Gasteiger partial charge in [-0.3, -0.25) is 4.79 Å². The highest BCUT2D eigenvalue weighted by molar-refractivity contribution is 9.10. The van der Waals surface area contributed by atoms with E-state index in [1.54, 1.807) is 18.2 Å². The Balaban J connectivity index is 1.98. The van der Waals surface area contributed by atoms with Crippen LogP contribution in [0.25, 0.3) is 0 Å². The molecular weight excluding hydrogens is 282 g/mol. The van der Waals surface area contributed by atoms with Gasteiger partial charge in [-0.2, -0.15) is 5.26 Å². The molecule has 5 heteroatoms. The number of anilines is 1. The third kappa shape index (κ3) is 3.05. The zero-order chi connectivity index (χ0) is 12.3. The Kier molecular flexibility index (Phi) is 3.77. The molecule has 1 heterocycles. The fourth-order valence-corrected chi connectivity index (χ4v) is 2.12. The van der Waals surface area contributed by atoms with Crippen LogP contribution in [0, 0.1) is 17.2 Å². The van der Waals surface area contributed by atoms with Crippen molar-refractivity contribution in [2.45, 2.75) is 6.42 Å². The summed E-state index contributed by atoms with van der Waals surface area (Å²) < 4.78 is 0.733. The van der Waals surface area contributed by atoms with Gasteiger partial charge in [0, 0.05) is 10.9 Å². The normalized spacial score (nSPS) is 14.8. The Morgan fingerprint density at radius 2 is 2.35 bits per heavy atom. The van der Waals surface area contributed by atoms with Crippen LogP contribution in [0.3, 0.4) is 0 Å². The SMILES string of the molecule is N#Cc1ccc(NC(=O)CC2CNC2)c(Br)c1. The first-order chi connectivity index (χ1) is 8.19. The quantitative estimate of drug-likeness (QED) is 0.894. The van der Waals surface area contributed by atoms with Gasteiger partial charge in [0.05, 0.1) is 17.3 Å². The maximum Gasteiger partial charge on any atom is 0.224 e. The first kappa shape index (κ1) is 12.1. The zero-order valence-corrected chi connectivity index (χ0v) is 10.8. The minimum absolute atomic E-state index is 0.0157. The molecular formula is C12H12BrN3O. The third-order valence-electron chi connectivity index (χ3n) is 2.71. The number of nitrogens with zero attached hydrogens (tertiary/aromatic N) is 1. The molecule has 2 rings (SSSR count). The molecule has 1 amide bonds. The molecule has 0 bridgehead atoms. The minimum atomic E-state index is 0.0157. The van der Waals surface area contributed by atoms with Gasteiger partial charge >= 0.3 is 0 Å². The maximum atomic E-state index is 11.7. The highest BCUT2D eigenvalue weighted by atomic mass is 79.9. The smallest absolute Gasteiger partial charge is 0.224 e. The fourth-order valence-electron chi connectivity index (χ4n) is 1.64. The van der Waals surface area contributed by atoms with E-state index in [-0.39, 0.29) is 5.91 Å². The standard InChI is InChI=1S/C12H12BrN3O/c13-10-3-8(5-14)1-2-11(10)16-12(17)4-9-6-15-7-9/h1-3,9,15H,4,6-7H2,(H,16,17). The van der Waals surface area contributed by atoms with Crippen molar-refractivity contribution in [3.05, 3.63) is 28.2 Å². The van der Waals surface area contributed by atoms with E-state index in [1.165, 1.54) is 0 Å². The van der Waals surface area contributed by atoms with Crippen LogP contribution < -0.4 is 10.6 Å². The highest BCUT2D eigenvalue weighted by Crippen LogP contribution is 2.24. The van der Waals surface area contributed by atoms with Gasteiger partial charge in [0.25, 0.3) is 0 Å². The molecule has 0 unspecified atom stereocenters. The predicted molar refractivity (Wildman–Crippen MR) is 68.5 cm³/mol. The molecule has 88 valence electrons. The van der Waals surface area contributed by atoms with E-state index in [9.17, 15) is 4.79 Å². The molecule has 0 spiro atoms. The molecule has 0 radical (unpaired) electrons.